The lowest BCUT2D eigenvalue weighted by atomic mass is 9.91. The molecule has 1 saturated carbocycles. The van der Waals surface area contributed by atoms with E-state index in [1.807, 2.05) is 0 Å². The van der Waals surface area contributed by atoms with E-state index >= 15 is 0 Å². The highest BCUT2D eigenvalue weighted by Gasteiger charge is 2.40. The average molecular weight is 413 g/mol. The van der Waals surface area contributed by atoms with Gasteiger partial charge in [-0.1, -0.05) is 28.8 Å². The molecule has 134 valence electrons. The maximum absolute atomic E-state index is 13.6. The second kappa shape index (κ2) is 8.29. The van der Waals surface area contributed by atoms with Gasteiger partial charge in [-0.15, -0.1) is 0 Å². The molecule has 6 nitrogen and oxygen atoms in total. The Morgan fingerprint density at radius 1 is 1.20 bits per heavy atom. The van der Waals surface area contributed by atoms with E-state index in [-0.39, 0.29) is 36.7 Å². The quantitative estimate of drug-likeness (QED) is 0.723. The molecule has 1 aromatic carbocycles. The van der Waals surface area contributed by atoms with E-state index in [1.54, 1.807) is 0 Å². The molecule has 0 aromatic heterocycles. The van der Waals surface area contributed by atoms with E-state index < -0.39 is 18.8 Å². The lowest BCUT2D eigenvalue weighted by Gasteiger charge is -2.22. The molecule has 0 spiro atoms. The van der Waals surface area contributed by atoms with Crippen LogP contribution in [0.1, 0.15) is 36.0 Å². The molecule has 0 bridgehead atoms. The third-order valence-electron chi connectivity index (χ3n) is 4.34. The molecule has 2 aliphatic rings. The highest BCUT2D eigenvalue weighted by molar-refractivity contribution is 9.10. The fraction of sp³-hybridized carbons (Fsp3) is 0.500. The standard InChI is InChI=1S/C16H19BBrFN2O4/c18-10-5-6-12(19)11(7-10)16(23)20-8-15(22)21-9-17-24-13-3-1-2-4-14(13)25-17/h5-7,13-14H,1-4,8-9H2,(H,20,23)(H,21,22)/t13-,14?/m0/s1. The van der Waals surface area contributed by atoms with Crippen LogP contribution in [0.3, 0.4) is 0 Å². The molecule has 1 unspecified atom stereocenters. The van der Waals surface area contributed by atoms with Gasteiger partial charge in [-0.25, -0.2) is 4.39 Å². The summed E-state index contributed by atoms with van der Waals surface area (Å²) >= 11 is 3.18. The Morgan fingerprint density at radius 2 is 1.88 bits per heavy atom. The number of halogens is 2. The Bertz CT molecular complexity index is 649. The number of rotatable bonds is 5. The topological polar surface area (TPSA) is 76.7 Å². The molecule has 1 saturated heterocycles. The summed E-state index contributed by atoms with van der Waals surface area (Å²) in [6.45, 7) is -0.246. The zero-order chi connectivity index (χ0) is 17.8. The number of carbonyl (C=O) groups is 2. The summed E-state index contributed by atoms with van der Waals surface area (Å²) < 4.78 is 25.7. The maximum Gasteiger partial charge on any atom is 0.478 e. The SMILES string of the molecule is O=C(CNC(=O)c1cc(Br)ccc1F)NCB1OC2CCCC[C@@H]2O1. The van der Waals surface area contributed by atoms with Gasteiger partial charge in [0.25, 0.3) is 5.91 Å². The van der Waals surface area contributed by atoms with Gasteiger partial charge in [0.2, 0.25) is 5.91 Å². The Kier molecular flexibility index (Phi) is 6.08. The first-order valence-corrected chi connectivity index (χ1v) is 9.13. The molecule has 2 amide bonds. The van der Waals surface area contributed by atoms with E-state index in [9.17, 15) is 14.0 Å². The van der Waals surface area contributed by atoms with Crippen LogP contribution in [-0.2, 0) is 14.1 Å². The van der Waals surface area contributed by atoms with Crippen molar-refractivity contribution in [2.45, 2.75) is 37.9 Å². The van der Waals surface area contributed by atoms with Crippen LogP contribution in [0.15, 0.2) is 22.7 Å². The van der Waals surface area contributed by atoms with E-state index in [4.69, 9.17) is 9.31 Å². The van der Waals surface area contributed by atoms with Crippen LogP contribution in [-0.4, -0.2) is 44.1 Å². The van der Waals surface area contributed by atoms with Crippen LogP contribution in [0.5, 0.6) is 0 Å². The fourth-order valence-electron chi connectivity index (χ4n) is 3.08. The Balaban J connectivity index is 1.41. The number of hydrogen-bond donors (Lipinski definition) is 2. The van der Waals surface area contributed by atoms with Crippen LogP contribution in [0.2, 0.25) is 0 Å². The van der Waals surface area contributed by atoms with Crippen molar-refractivity contribution < 1.29 is 23.3 Å². The summed E-state index contributed by atoms with van der Waals surface area (Å²) in [5.41, 5.74) is -0.117. The van der Waals surface area contributed by atoms with Gasteiger partial charge in [0, 0.05) is 4.47 Å². The normalized spacial score (nSPS) is 22.4. The zero-order valence-corrected chi connectivity index (χ0v) is 15.2. The maximum atomic E-state index is 13.6. The number of carbonyl (C=O) groups excluding carboxylic acids is 2. The monoisotopic (exact) mass is 412 g/mol. The van der Waals surface area contributed by atoms with Gasteiger partial charge in [0.1, 0.15) is 5.82 Å². The molecule has 9 heteroatoms. The minimum Gasteiger partial charge on any atom is -0.405 e. The van der Waals surface area contributed by atoms with Crippen LogP contribution >= 0.6 is 15.9 Å². The summed E-state index contributed by atoms with van der Waals surface area (Å²) in [6, 6.07) is 4.05. The molecule has 1 aliphatic heterocycles. The van der Waals surface area contributed by atoms with Gasteiger partial charge in [-0.3, -0.25) is 9.59 Å². The third kappa shape index (κ3) is 4.80. The van der Waals surface area contributed by atoms with Gasteiger partial charge < -0.3 is 19.9 Å². The molecule has 2 atom stereocenters. The predicted octanol–water partition coefficient (Wildman–Crippen LogP) is 1.82. The van der Waals surface area contributed by atoms with Crippen molar-refractivity contribution in [2.75, 3.05) is 13.0 Å². The number of nitrogens with one attached hydrogen (secondary N) is 2. The van der Waals surface area contributed by atoms with Crippen LogP contribution in [0, 0.1) is 5.82 Å². The number of fused-ring (bicyclic) bond motifs is 1. The minimum atomic E-state index is -0.645. The van der Waals surface area contributed by atoms with Crippen LogP contribution in [0.25, 0.3) is 0 Å². The largest absolute Gasteiger partial charge is 0.478 e. The highest BCUT2D eigenvalue weighted by atomic mass is 79.9. The van der Waals surface area contributed by atoms with Crippen molar-refractivity contribution >= 4 is 34.9 Å². The van der Waals surface area contributed by atoms with Gasteiger partial charge in [0.15, 0.2) is 0 Å². The summed E-state index contributed by atoms with van der Waals surface area (Å²) in [6.07, 6.45) is 4.73. The van der Waals surface area contributed by atoms with Gasteiger partial charge in [0.05, 0.1) is 30.8 Å². The molecule has 2 N–H and O–H groups in total. The van der Waals surface area contributed by atoms with E-state index in [0.717, 1.165) is 25.7 Å². The first-order chi connectivity index (χ1) is 12.0. The van der Waals surface area contributed by atoms with Crippen LogP contribution < -0.4 is 10.6 Å². The summed E-state index contributed by atoms with van der Waals surface area (Å²) in [5, 5.41) is 5.06. The molecule has 1 heterocycles. The summed E-state index contributed by atoms with van der Waals surface area (Å²) in [5.74, 6) is -1.67. The number of amides is 2. The first kappa shape index (κ1) is 18.3. The van der Waals surface area contributed by atoms with Crippen molar-refractivity contribution in [3.8, 4) is 0 Å². The van der Waals surface area contributed by atoms with Gasteiger partial charge in [-0.2, -0.15) is 0 Å². The summed E-state index contributed by atoms with van der Waals surface area (Å²) in [4.78, 5) is 23.8. The molecule has 25 heavy (non-hydrogen) atoms. The third-order valence-corrected chi connectivity index (χ3v) is 4.84. The smallest absolute Gasteiger partial charge is 0.405 e. The van der Waals surface area contributed by atoms with Crippen LogP contribution in [0.4, 0.5) is 4.39 Å². The number of benzene rings is 1. The lowest BCUT2D eigenvalue weighted by Crippen LogP contribution is -2.42. The van der Waals surface area contributed by atoms with Gasteiger partial charge >= 0.3 is 7.12 Å². The highest BCUT2D eigenvalue weighted by Crippen LogP contribution is 2.29. The van der Waals surface area contributed by atoms with Crippen molar-refractivity contribution in [3.63, 3.8) is 0 Å². The average Bonchev–Trinajstić information content (AvgIpc) is 3.03. The van der Waals surface area contributed by atoms with E-state index in [2.05, 4.69) is 26.6 Å². The molecule has 2 fully saturated rings. The molecular weight excluding hydrogens is 394 g/mol. The zero-order valence-electron chi connectivity index (χ0n) is 13.6. The Hall–Kier alpha value is -1.45. The molecule has 3 rings (SSSR count). The van der Waals surface area contributed by atoms with Crippen molar-refractivity contribution in [3.05, 3.63) is 34.1 Å². The second-order valence-electron chi connectivity index (χ2n) is 6.17. The second-order valence-corrected chi connectivity index (χ2v) is 7.09. The first-order valence-electron chi connectivity index (χ1n) is 8.34. The fourth-order valence-corrected chi connectivity index (χ4v) is 3.44. The minimum absolute atomic E-state index is 0.117. The molecule has 1 aliphatic carbocycles. The molecular formula is C16H19BBrFN2O4. The Morgan fingerprint density at radius 3 is 2.56 bits per heavy atom. The lowest BCUT2D eigenvalue weighted by molar-refractivity contribution is -0.119. The molecule has 1 aromatic rings. The number of hydrogen-bond acceptors (Lipinski definition) is 4. The Labute approximate surface area is 154 Å². The van der Waals surface area contributed by atoms with Crippen molar-refractivity contribution in [1.82, 2.24) is 10.6 Å². The van der Waals surface area contributed by atoms with E-state index in [1.165, 1.54) is 18.2 Å². The van der Waals surface area contributed by atoms with Crippen molar-refractivity contribution in [1.29, 1.82) is 0 Å². The van der Waals surface area contributed by atoms with Crippen molar-refractivity contribution in [2.24, 2.45) is 0 Å². The van der Waals surface area contributed by atoms with E-state index in [0.29, 0.717) is 4.47 Å². The predicted molar refractivity (Wildman–Crippen MR) is 93.4 cm³/mol. The van der Waals surface area contributed by atoms with Gasteiger partial charge in [-0.05, 0) is 31.0 Å². The summed E-state index contributed by atoms with van der Waals surface area (Å²) in [7, 11) is -0.449. The molecule has 0 radical (unpaired) electrons.